The van der Waals surface area contributed by atoms with Crippen molar-refractivity contribution in [1.29, 1.82) is 0 Å². The van der Waals surface area contributed by atoms with E-state index >= 15 is 0 Å². The Morgan fingerprint density at radius 2 is 1.88 bits per heavy atom. The Labute approximate surface area is 152 Å². The Hall–Kier alpha value is -2.86. The van der Waals surface area contributed by atoms with Gasteiger partial charge in [0.25, 0.3) is 0 Å². The zero-order valence-electron chi connectivity index (χ0n) is 15.3. The molecule has 3 rings (SSSR count). The summed E-state index contributed by atoms with van der Waals surface area (Å²) in [5.41, 5.74) is 1.30. The van der Waals surface area contributed by atoms with Gasteiger partial charge in [-0.05, 0) is 44.5 Å². The predicted octanol–water partition coefficient (Wildman–Crippen LogP) is 3.91. The Balaban J connectivity index is 2.04. The summed E-state index contributed by atoms with van der Waals surface area (Å²) in [6.45, 7) is 5.43. The first-order valence-corrected chi connectivity index (χ1v) is 8.30. The first-order chi connectivity index (χ1) is 12.3. The molecule has 1 unspecified atom stereocenters. The molecule has 1 aromatic carbocycles. The fraction of sp³-hybridized carbons (Fsp3) is 0.300. The maximum absolute atomic E-state index is 12.6. The molecule has 0 fully saturated rings. The molecule has 0 radical (unpaired) electrons. The van der Waals surface area contributed by atoms with Crippen LogP contribution in [0.4, 0.5) is 4.79 Å². The van der Waals surface area contributed by atoms with E-state index in [2.05, 4.69) is 4.98 Å². The number of aliphatic hydroxyl groups is 1. The highest BCUT2D eigenvalue weighted by Crippen LogP contribution is 2.31. The molecular formula is C20H22N2O4. The number of nitrogens with zero attached hydrogens (tertiary/aromatic N) is 2. The van der Waals surface area contributed by atoms with Gasteiger partial charge in [0.15, 0.2) is 0 Å². The lowest BCUT2D eigenvalue weighted by molar-refractivity contribution is 0.0544. The van der Waals surface area contributed by atoms with Crippen molar-refractivity contribution in [2.45, 2.75) is 32.5 Å². The van der Waals surface area contributed by atoms with E-state index in [1.165, 1.54) is 4.57 Å². The molecule has 6 nitrogen and oxygen atoms in total. The molecule has 0 aliphatic heterocycles. The fourth-order valence-electron chi connectivity index (χ4n) is 2.74. The Bertz CT molecular complexity index is 923. The van der Waals surface area contributed by atoms with Crippen LogP contribution in [0.2, 0.25) is 0 Å². The van der Waals surface area contributed by atoms with Crippen molar-refractivity contribution in [3.05, 3.63) is 60.0 Å². The molecule has 136 valence electrons. The first kappa shape index (κ1) is 17.9. The van der Waals surface area contributed by atoms with Crippen LogP contribution >= 0.6 is 0 Å². The van der Waals surface area contributed by atoms with Gasteiger partial charge in [-0.1, -0.05) is 12.1 Å². The zero-order chi connectivity index (χ0) is 18.9. The summed E-state index contributed by atoms with van der Waals surface area (Å²) in [6, 6.07) is 8.87. The standard InChI is InChI=1S/C20H22N2O4/c1-20(2,3)26-19(24)22-12-16(15-11-21-10-9-17(15)22)18(23)13-5-7-14(25-4)8-6-13/h5-12,18,23H,1-4H3. The van der Waals surface area contributed by atoms with E-state index in [4.69, 9.17) is 9.47 Å². The smallest absolute Gasteiger partial charge is 0.419 e. The molecule has 0 amide bonds. The van der Waals surface area contributed by atoms with Crippen molar-refractivity contribution in [1.82, 2.24) is 9.55 Å². The number of rotatable bonds is 3. The minimum absolute atomic E-state index is 0.498. The van der Waals surface area contributed by atoms with E-state index in [0.717, 1.165) is 0 Å². The van der Waals surface area contributed by atoms with Crippen LogP contribution in [0.1, 0.15) is 38.0 Å². The molecule has 0 bridgehead atoms. The van der Waals surface area contributed by atoms with Gasteiger partial charge in [-0.15, -0.1) is 0 Å². The van der Waals surface area contributed by atoms with E-state index < -0.39 is 17.8 Å². The number of pyridine rings is 1. The highest BCUT2D eigenvalue weighted by Gasteiger charge is 2.23. The highest BCUT2D eigenvalue weighted by atomic mass is 16.6. The number of benzene rings is 1. The Morgan fingerprint density at radius 1 is 1.19 bits per heavy atom. The van der Waals surface area contributed by atoms with Gasteiger partial charge >= 0.3 is 6.09 Å². The molecule has 2 heterocycles. The monoisotopic (exact) mass is 354 g/mol. The quantitative estimate of drug-likeness (QED) is 0.772. The maximum atomic E-state index is 12.6. The van der Waals surface area contributed by atoms with Crippen molar-refractivity contribution in [3.8, 4) is 5.75 Å². The highest BCUT2D eigenvalue weighted by molar-refractivity contribution is 5.92. The van der Waals surface area contributed by atoms with Crippen LogP contribution in [0.3, 0.4) is 0 Å². The second-order valence-electron chi connectivity index (χ2n) is 7.00. The lowest BCUT2D eigenvalue weighted by Gasteiger charge is -2.19. The van der Waals surface area contributed by atoms with Gasteiger partial charge in [0.2, 0.25) is 0 Å². The van der Waals surface area contributed by atoms with Crippen LogP contribution in [-0.4, -0.2) is 33.5 Å². The number of fused-ring (bicyclic) bond motifs is 1. The number of aliphatic hydroxyl groups excluding tert-OH is 1. The van der Waals surface area contributed by atoms with E-state index in [1.807, 2.05) is 20.8 Å². The molecule has 1 atom stereocenters. The lowest BCUT2D eigenvalue weighted by Crippen LogP contribution is -2.26. The second-order valence-corrected chi connectivity index (χ2v) is 7.00. The van der Waals surface area contributed by atoms with Gasteiger partial charge in [-0.3, -0.25) is 9.55 Å². The fourth-order valence-corrected chi connectivity index (χ4v) is 2.74. The summed E-state index contributed by atoms with van der Waals surface area (Å²) in [6.07, 6.45) is 3.44. The summed E-state index contributed by atoms with van der Waals surface area (Å²) in [5, 5.41) is 11.5. The maximum Gasteiger partial charge on any atom is 0.419 e. The molecule has 3 aromatic rings. The average molecular weight is 354 g/mol. The first-order valence-electron chi connectivity index (χ1n) is 8.30. The van der Waals surface area contributed by atoms with Crippen molar-refractivity contribution in [3.63, 3.8) is 0 Å². The minimum Gasteiger partial charge on any atom is -0.497 e. The van der Waals surface area contributed by atoms with Gasteiger partial charge in [0.05, 0.1) is 12.6 Å². The van der Waals surface area contributed by atoms with Crippen LogP contribution in [-0.2, 0) is 4.74 Å². The molecule has 0 saturated heterocycles. The Morgan fingerprint density at radius 3 is 2.50 bits per heavy atom. The number of ether oxygens (including phenoxy) is 2. The van der Waals surface area contributed by atoms with Gasteiger partial charge in [-0.25, -0.2) is 4.79 Å². The van der Waals surface area contributed by atoms with Crippen LogP contribution in [0, 0.1) is 0 Å². The molecule has 0 aliphatic rings. The molecule has 0 spiro atoms. The molecule has 0 saturated carbocycles. The van der Waals surface area contributed by atoms with Crippen molar-refractivity contribution < 1.29 is 19.4 Å². The van der Waals surface area contributed by atoms with Gasteiger partial charge in [0, 0.05) is 29.5 Å². The minimum atomic E-state index is -0.906. The number of carbonyl (C=O) groups excluding carboxylic acids is 1. The zero-order valence-corrected chi connectivity index (χ0v) is 15.3. The van der Waals surface area contributed by atoms with Crippen LogP contribution in [0.5, 0.6) is 5.75 Å². The summed E-state index contributed by atoms with van der Waals surface area (Å²) in [5.74, 6) is 0.707. The number of hydrogen-bond donors (Lipinski definition) is 1. The number of hydrogen-bond acceptors (Lipinski definition) is 5. The van der Waals surface area contributed by atoms with Crippen molar-refractivity contribution in [2.75, 3.05) is 7.11 Å². The summed E-state index contributed by atoms with van der Waals surface area (Å²) in [7, 11) is 1.59. The summed E-state index contributed by atoms with van der Waals surface area (Å²) in [4.78, 5) is 16.7. The Kier molecular flexibility index (Phi) is 4.70. The second kappa shape index (κ2) is 6.80. The van der Waals surface area contributed by atoms with E-state index in [1.54, 1.807) is 56.0 Å². The molecule has 1 N–H and O–H groups in total. The third-order valence-electron chi connectivity index (χ3n) is 3.95. The predicted molar refractivity (Wildman–Crippen MR) is 98.4 cm³/mol. The summed E-state index contributed by atoms with van der Waals surface area (Å²) < 4.78 is 12.0. The third kappa shape index (κ3) is 3.55. The van der Waals surface area contributed by atoms with Gasteiger partial charge in [0.1, 0.15) is 17.5 Å². The topological polar surface area (TPSA) is 73.6 Å². The van der Waals surface area contributed by atoms with E-state index in [-0.39, 0.29) is 0 Å². The normalized spacial score (nSPS) is 12.8. The number of methoxy groups -OCH3 is 1. The molecule has 0 aliphatic carbocycles. The van der Waals surface area contributed by atoms with E-state index in [9.17, 15) is 9.90 Å². The molecule has 26 heavy (non-hydrogen) atoms. The van der Waals surface area contributed by atoms with Gasteiger partial charge in [-0.2, -0.15) is 0 Å². The van der Waals surface area contributed by atoms with Crippen LogP contribution in [0.15, 0.2) is 48.9 Å². The van der Waals surface area contributed by atoms with Crippen molar-refractivity contribution in [2.24, 2.45) is 0 Å². The SMILES string of the molecule is COc1ccc(C(O)c2cn(C(=O)OC(C)(C)C)c3ccncc23)cc1. The van der Waals surface area contributed by atoms with E-state index in [0.29, 0.717) is 27.8 Å². The summed E-state index contributed by atoms with van der Waals surface area (Å²) >= 11 is 0. The number of aromatic nitrogens is 2. The van der Waals surface area contributed by atoms with Crippen molar-refractivity contribution >= 4 is 17.0 Å². The average Bonchev–Trinajstić information content (AvgIpc) is 2.99. The van der Waals surface area contributed by atoms with Crippen LogP contribution in [0.25, 0.3) is 10.9 Å². The third-order valence-corrected chi connectivity index (χ3v) is 3.95. The molecule has 6 heteroatoms. The van der Waals surface area contributed by atoms with Crippen LogP contribution < -0.4 is 4.74 Å². The number of carbonyl (C=O) groups is 1. The largest absolute Gasteiger partial charge is 0.497 e. The van der Waals surface area contributed by atoms with Gasteiger partial charge < -0.3 is 14.6 Å². The lowest BCUT2D eigenvalue weighted by atomic mass is 10.0. The molecular weight excluding hydrogens is 332 g/mol. The molecule has 2 aromatic heterocycles.